The molecule has 0 aromatic carbocycles. The van der Waals surface area contributed by atoms with Gasteiger partial charge in [0, 0.05) is 27.2 Å². The van der Waals surface area contributed by atoms with E-state index in [1.54, 1.807) is 35.2 Å². The molecular weight excluding hydrogens is 310 g/mol. The highest BCUT2D eigenvalue weighted by molar-refractivity contribution is 7.07. The molecule has 0 atom stereocenters. The predicted octanol–water partition coefficient (Wildman–Crippen LogP) is 1.65. The Hall–Kier alpha value is -1.40. The van der Waals surface area contributed by atoms with Gasteiger partial charge in [-0.1, -0.05) is 0 Å². The van der Waals surface area contributed by atoms with Crippen LogP contribution in [0.4, 0.5) is 0 Å². The minimum absolute atomic E-state index is 0.00490. The second kappa shape index (κ2) is 6.61. The summed E-state index contributed by atoms with van der Waals surface area (Å²) in [5.41, 5.74) is 1.15. The number of nitrogens with zero attached hydrogens (tertiary/aromatic N) is 3. The summed E-state index contributed by atoms with van der Waals surface area (Å²) >= 11 is 1.73. The number of rotatable bonds is 4. The first-order chi connectivity index (χ1) is 11.0. The quantitative estimate of drug-likeness (QED) is 0.840. The normalized spacial score (nSPS) is 21.1. The van der Waals surface area contributed by atoms with Gasteiger partial charge in [-0.05, 0) is 54.7 Å². The van der Waals surface area contributed by atoms with E-state index in [9.17, 15) is 9.59 Å². The molecule has 0 radical (unpaired) electrons. The van der Waals surface area contributed by atoms with Crippen molar-refractivity contribution >= 4 is 23.2 Å². The Kier molecular flexibility index (Phi) is 4.73. The second-order valence-electron chi connectivity index (χ2n) is 6.95. The highest BCUT2D eigenvalue weighted by Gasteiger charge is 2.48. The molecule has 1 aromatic heterocycles. The summed E-state index contributed by atoms with van der Waals surface area (Å²) < 4.78 is 0. The zero-order valence-corrected chi connectivity index (χ0v) is 14.8. The molecule has 2 fully saturated rings. The van der Waals surface area contributed by atoms with Gasteiger partial charge in [0.2, 0.25) is 11.8 Å². The first kappa shape index (κ1) is 16.5. The molecule has 3 heterocycles. The lowest BCUT2D eigenvalue weighted by Gasteiger charge is -2.37. The van der Waals surface area contributed by atoms with E-state index in [4.69, 9.17) is 0 Å². The van der Waals surface area contributed by atoms with Gasteiger partial charge in [0.1, 0.15) is 0 Å². The average Bonchev–Trinajstić information content (AvgIpc) is 3.14. The molecule has 0 N–H and O–H groups in total. The number of likely N-dealkylation sites (tertiary alicyclic amines) is 2. The maximum atomic E-state index is 12.8. The van der Waals surface area contributed by atoms with E-state index < -0.39 is 0 Å². The van der Waals surface area contributed by atoms with Gasteiger partial charge in [-0.15, -0.1) is 0 Å². The van der Waals surface area contributed by atoms with Gasteiger partial charge < -0.3 is 9.80 Å². The number of carbonyl (C=O) groups excluding carboxylic acids is 2. The van der Waals surface area contributed by atoms with Crippen LogP contribution in [0.25, 0.3) is 0 Å². The van der Waals surface area contributed by atoms with Crippen molar-refractivity contribution < 1.29 is 9.59 Å². The zero-order chi connectivity index (χ0) is 16.4. The lowest BCUT2D eigenvalue weighted by atomic mass is 9.77. The minimum atomic E-state index is -0.211. The van der Waals surface area contributed by atoms with Gasteiger partial charge in [0.15, 0.2) is 0 Å². The number of piperidine rings is 1. The minimum Gasteiger partial charge on any atom is -0.347 e. The highest BCUT2D eigenvalue weighted by atomic mass is 32.1. The summed E-state index contributed by atoms with van der Waals surface area (Å²) in [7, 11) is 3.48. The van der Waals surface area contributed by atoms with Crippen molar-refractivity contribution in [1.29, 1.82) is 0 Å². The molecule has 2 aliphatic heterocycles. The fourth-order valence-corrected chi connectivity index (χ4v) is 4.25. The smallest absolute Gasteiger partial charge is 0.241 e. The van der Waals surface area contributed by atoms with E-state index in [-0.39, 0.29) is 23.8 Å². The molecule has 2 saturated heterocycles. The molecular formula is C17H25N3O2S. The zero-order valence-electron chi connectivity index (χ0n) is 14.0. The summed E-state index contributed by atoms with van der Waals surface area (Å²) in [5.74, 6) is 0.202. The highest BCUT2D eigenvalue weighted by Crippen LogP contribution is 2.41. The summed E-state index contributed by atoms with van der Waals surface area (Å²) in [6.45, 7) is 3.87. The molecule has 0 bridgehead atoms. The van der Waals surface area contributed by atoms with Crippen molar-refractivity contribution in [2.45, 2.75) is 25.8 Å². The van der Waals surface area contributed by atoms with Gasteiger partial charge in [-0.25, -0.2) is 0 Å². The van der Waals surface area contributed by atoms with Crippen molar-refractivity contribution in [3.05, 3.63) is 22.4 Å². The third-order valence-electron chi connectivity index (χ3n) is 5.23. The van der Waals surface area contributed by atoms with Crippen LogP contribution in [0, 0.1) is 5.41 Å². The maximum Gasteiger partial charge on any atom is 0.241 e. The standard InChI is InChI=1S/C17H25N3O2S/c1-18(2)15(21)12-20-9-6-17(16(20)22)4-7-19(8-5-17)11-14-3-10-23-13-14/h3,10,13H,4-9,11-12H2,1-2H3. The number of carbonyl (C=O) groups is 2. The first-order valence-electron chi connectivity index (χ1n) is 8.23. The van der Waals surface area contributed by atoms with Crippen LogP contribution in [-0.4, -0.2) is 66.8 Å². The number of thiophene rings is 1. The number of hydrogen-bond donors (Lipinski definition) is 0. The van der Waals surface area contributed by atoms with Crippen molar-refractivity contribution in [2.24, 2.45) is 5.41 Å². The molecule has 6 heteroatoms. The largest absolute Gasteiger partial charge is 0.347 e. The fourth-order valence-electron chi connectivity index (χ4n) is 3.59. The van der Waals surface area contributed by atoms with Crippen LogP contribution >= 0.6 is 11.3 Å². The Morgan fingerprint density at radius 2 is 1.96 bits per heavy atom. The lowest BCUT2D eigenvalue weighted by Crippen LogP contribution is -2.46. The summed E-state index contributed by atoms with van der Waals surface area (Å²) in [6, 6.07) is 2.17. The van der Waals surface area contributed by atoms with Gasteiger partial charge >= 0.3 is 0 Å². The molecule has 23 heavy (non-hydrogen) atoms. The van der Waals surface area contributed by atoms with E-state index >= 15 is 0 Å². The Morgan fingerprint density at radius 3 is 2.57 bits per heavy atom. The van der Waals surface area contributed by atoms with Crippen molar-refractivity contribution in [3.63, 3.8) is 0 Å². The van der Waals surface area contributed by atoms with Crippen molar-refractivity contribution in [1.82, 2.24) is 14.7 Å². The van der Waals surface area contributed by atoms with Crippen LogP contribution in [0.2, 0.25) is 0 Å². The van der Waals surface area contributed by atoms with Gasteiger partial charge in [0.05, 0.1) is 12.0 Å². The Labute approximate surface area is 141 Å². The Balaban J connectivity index is 1.55. The van der Waals surface area contributed by atoms with E-state index in [1.807, 2.05) is 0 Å². The Bertz CT molecular complexity index is 562. The predicted molar refractivity (Wildman–Crippen MR) is 91.2 cm³/mol. The van der Waals surface area contributed by atoms with Crippen molar-refractivity contribution in [2.75, 3.05) is 40.3 Å². The van der Waals surface area contributed by atoms with Gasteiger partial charge in [0.25, 0.3) is 0 Å². The molecule has 2 aliphatic rings. The molecule has 1 spiro atoms. The monoisotopic (exact) mass is 335 g/mol. The SMILES string of the molecule is CN(C)C(=O)CN1CCC2(CCN(Cc3ccsc3)CC2)C1=O. The molecule has 0 unspecified atom stereocenters. The molecule has 5 nitrogen and oxygen atoms in total. The summed E-state index contributed by atoms with van der Waals surface area (Å²) in [5, 5.41) is 4.31. The van der Waals surface area contributed by atoms with Crippen LogP contribution in [-0.2, 0) is 16.1 Å². The molecule has 1 aromatic rings. The first-order valence-corrected chi connectivity index (χ1v) is 9.17. The van der Waals surface area contributed by atoms with E-state index in [2.05, 4.69) is 21.7 Å². The lowest BCUT2D eigenvalue weighted by molar-refractivity contribution is -0.143. The number of hydrogen-bond acceptors (Lipinski definition) is 4. The van der Waals surface area contributed by atoms with E-state index in [0.29, 0.717) is 0 Å². The van der Waals surface area contributed by atoms with Crippen molar-refractivity contribution in [3.8, 4) is 0 Å². The molecule has 0 saturated carbocycles. The van der Waals surface area contributed by atoms with Gasteiger partial charge in [-0.2, -0.15) is 11.3 Å². The van der Waals surface area contributed by atoms with Crippen LogP contribution in [0.3, 0.4) is 0 Å². The van der Waals surface area contributed by atoms with E-state index in [0.717, 1.165) is 45.4 Å². The average molecular weight is 335 g/mol. The van der Waals surface area contributed by atoms with Gasteiger partial charge in [-0.3, -0.25) is 14.5 Å². The number of amides is 2. The fraction of sp³-hybridized carbons (Fsp3) is 0.647. The molecule has 2 amide bonds. The molecule has 0 aliphatic carbocycles. The molecule has 126 valence electrons. The van der Waals surface area contributed by atoms with Crippen LogP contribution in [0.1, 0.15) is 24.8 Å². The Morgan fingerprint density at radius 1 is 1.26 bits per heavy atom. The summed E-state index contributed by atoms with van der Waals surface area (Å²) in [4.78, 5) is 30.4. The van der Waals surface area contributed by atoms with E-state index in [1.165, 1.54) is 5.56 Å². The number of likely N-dealkylation sites (N-methyl/N-ethyl adjacent to an activating group) is 1. The third kappa shape index (κ3) is 3.43. The maximum absolute atomic E-state index is 12.8. The van der Waals surface area contributed by atoms with Crippen LogP contribution in [0.15, 0.2) is 16.8 Å². The second-order valence-corrected chi connectivity index (χ2v) is 7.73. The summed E-state index contributed by atoms with van der Waals surface area (Å²) in [6.07, 6.45) is 2.74. The third-order valence-corrected chi connectivity index (χ3v) is 5.96. The van der Waals surface area contributed by atoms with Crippen LogP contribution in [0.5, 0.6) is 0 Å². The molecule has 3 rings (SSSR count). The topological polar surface area (TPSA) is 43.9 Å². The van der Waals surface area contributed by atoms with Crippen LogP contribution < -0.4 is 0 Å².